The normalized spacial score (nSPS) is 18.8. The molecule has 0 N–H and O–H groups in total. The van der Waals surface area contributed by atoms with Gasteiger partial charge in [0, 0.05) is 44.9 Å². The highest BCUT2D eigenvalue weighted by atomic mass is 32.1. The lowest BCUT2D eigenvalue weighted by molar-refractivity contribution is -0.136. The van der Waals surface area contributed by atoms with Crippen LogP contribution in [0.3, 0.4) is 0 Å². The number of hydrogen-bond acceptors (Lipinski definition) is 4. The van der Waals surface area contributed by atoms with Crippen LogP contribution in [0.25, 0.3) is 10.2 Å². The Kier molecular flexibility index (Phi) is 5.72. The first-order valence-corrected chi connectivity index (χ1v) is 10.9. The molecule has 27 heavy (non-hydrogen) atoms. The summed E-state index contributed by atoms with van der Waals surface area (Å²) >= 11 is 1.67. The van der Waals surface area contributed by atoms with Gasteiger partial charge in [-0.1, -0.05) is 25.0 Å². The van der Waals surface area contributed by atoms with E-state index in [2.05, 4.69) is 11.1 Å². The number of amides is 2. The summed E-state index contributed by atoms with van der Waals surface area (Å²) in [5.41, 5.74) is 1.01. The topological polar surface area (TPSA) is 53.5 Å². The van der Waals surface area contributed by atoms with Gasteiger partial charge in [-0.25, -0.2) is 4.98 Å². The zero-order chi connectivity index (χ0) is 18.6. The highest BCUT2D eigenvalue weighted by Gasteiger charge is 2.29. The number of benzene rings is 1. The van der Waals surface area contributed by atoms with Gasteiger partial charge in [-0.05, 0) is 31.4 Å². The maximum absolute atomic E-state index is 12.7. The van der Waals surface area contributed by atoms with Crippen molar-refractivity contribution in [2.75, 3.05) is 26.2 Å². The first-order valence-electron chi connectivity index (χ1n) is 10.1. The SMILES string of the molecule is O=C(CCc1nc2ccccc2s1)N1CCCN(C(=O)C2CCCC2)CC1. The zero-order valence-electron chi connectivity index (χ0n) is 15.7. The number of aryl methyl sites for hydroxylation is 1. The van der Waals surface area contributed by atoms with Gasteiger partial charge in [0.15, 0.2) is 0 Å². The van der Waals surface area contributed by atoms with Gasteiger partial charge in [-0.15, -0.1) is 11.3 Å². The molecule has 0 spiro atoms. The summed E-state index contributed by atoms with van der Waals surface area (Å²) in [6, 6.07) is 8.10. The number of hydrogen-bond donors (Lipinski definition) is 0. The van der Waals surface area contributed by atoms with E-state index in [-0.39, 0.29) is 11.8 Å². The second-order valence-corrected chi connectivity index (χ2v) is 8.73. The fourth-order valence-electron chi connectivity index (χ4n) is 4.22. The smallest absolute Gasteiger partial charge is 0.225 e. The van der Waals surface area contributed by atoms with Crippen molar-refractivity contribution < 1.29 is 9.59 Å². The van der Waals surface area contributed by atoms with Crippen LogP contribution in [0.4, 0.5) is 0 Å². The second-order valence-electron chi connectivity index (χ2n) is 7.62. The van der Waals surface area contributed by atoms with Gasteiger partial charge >= 0.3 is 0 Å². The molecule has 1 aromatic carbocycles. The van der Waals surface area contributed by atoms with Gasteiger partial charge in [0.1, 0.15) is 0 Å². The number of aromatic nitrogens is 1. The summed E-state index contributed by atoms with van der Waals surface area (Å²) in [4.78, 5) is 33.9. The Bertz CT molecular complexity index is 780. The summed E-state index contributed by atoms with van der Waals surface area (Å²) in [6.07, 6.45) is 6.52. The minimum absolute atomic E-state index is 0.185. The average Bonchev–Trinajstić information content (AvgIpc) is 3.29. The first kappa shape index (κ1) is 18.4. The van der Waals surface area contributed by atoms with Crippen LogP contribution in [0.5, 0.6) is 0 Å². The van der Waals surface area contributed by atoms with Crippen LogP contribution in [0.1, 0.15) is 43.5 Å². The first-order chi connectivity index (χ1) is 13.2. The number of nitrogens with zero attached hydrogens (tertiary/aromatic N) is 3. The fourth-order valence-corrected chi connectivity index (χ4v) is 5.18. The minimum Gasteiger partial charge on any atom is -0.341 e. The summed E-state index contributed by atoms with van der Waals surface area (Å²) in [5.74, 6) is 0.729. The molecule has 2 aromatic rings. The Labute approximate surface area is 164 Å². The molecule has 0 unspecified atom stereocenters. The lowest BCUT2D eigenvalue weighted by atomic mass is 10.1. The molecular formula is C21H27N3O2S. The van der Waals surface area contributed by atoms with Crippen molar-refractivity contribution in [3.63, 3.8) is 0 Å². The van der Waals surface area contributed by atoms with E-state index in [4.69, 9.17) is 0 Å². The Hall–Kier alpha value is -1.95. The lowest BCUT2D eigenvalue weighted by Gasteiger charge is -2.24. The van der Waals surface area contributed by atoms with E-state index in [9.17, 15) is 9.59 Å². The maximum Gasteiger partial charge on any atom is 0.225 e. The zero-order valence-corrected chi connectivity index (χ0v) is 16.5. The van der Waals surface area contributed by atoms with Gasteiger partial charge in [0.25, 0.3) is 0 Å². The van der Waals surface area contributed by atoms with E-state index in [1.165, 1.54) is 17.5 Å². The number of carbonyl (C=O) groups is 2. The largest absolute Gasteiger partial charge is 0.341 e. The second kappa shape index (κ2) is 8.38. The van der Waals surface area contributed by atoms with Crippen LogP contribution in [0.2, 0.25) is 0 Å². The quantitative estimate of drug-likeness (QED) is 0.810. The van der Waals surface area contributed by atoms with Crippen LogP contribution >= 0.6 is 11.3 Å². The van der Waals surface area contributed by atoms with E-state index in [0.29, 0.717) is 31.8 Å². The van der Waals surface area contributed by atoms with E-state index in [0.717, 1.165) is 42.9 Å². The van der Waals surface area contributed by atoms with Crippen molar-refractivity contribution in [1.82, 2.24) is 14.8 Å². The highest BCUT2D eigenvalue weighted by Crippen LogP contribution is 2.27. The molecule has 144 valence electrons. The van der Waals surface area contributed by atoms with Crippen LogP contribution < -0.4 is 0 Å². The van der Waals surface area contributed by atoms with Crippen LogP contribution in [0, 0.1) is 5.92 Å². The van der Waals surface area contributed by atoms with Crippen molar-refractivity contribution >= 4 is 33.4 Å². The summed E-state index contributed by atoms with van der Waals surface area (Å²) in [6.45, 7) is 2.89. The molecule has 0 radical (unpaired) electrons. The van der Waals surface area contributed by atoms with Crippen LogP contribution in [-0.4, -0.2) is 52.8 Å². The predicted octanol–water partition coefficient (Wildman–Crippen LogP) is 3.48. The van der Waals surface area contributed by atoms with E-state index in [1.54, 1.807) is 11.3 Å². The number of fused-ring (bicyclic) bond motifs is 1. The van der Waals surface area contributed by atoms with E-state index >= 15 is 0 Å². The van der Waals surface area contributed by atoms with Gasteiger partial charge in [0.2, 0.25) is 11.8 Å². The molecule has 1 aliphatic heterocycles. The molecule has 0 atom stereocenters. The molecule has 1 aromatic heterocycles. The third-order valence-corrected chi connectivity index (χ3v) is 6.85. The Morgan fingerprint density at radius 1 is 1.00 bits per heavy atom. The van der Waals surface area contributed by atoms with Gasteiger partial charge in [-0.2, -0.15) is 0 Å². The minimum atomic E-state index is 0.185. The monoisotopic (exact) mass is 385 g/mol. The molecule has 2 fully saturated rings. The molecule has 6 heteroatoms. The summed E-state index contributed by atoms with van der Waals surface area (Å²) in [7, 11) is 0. The Balaban J connectivity index is 1.29. The number of rotatable bonds is 4. The van der Waals surface area contributed by atoms with E-state index < -0.39 is 0 Å². The molecular weight excluding hydrogens is 358 g/mol. The van der Waals surface area contributed by atoms with Gasteiger partial charge in [-0.3, -0.25) is 9.59 Å². The Morgan fingerprint density at radius 3 is 2.56 bits per heavy atom. The highest BCUT2D eigenvalue weighted by molar-refractivity contribution is 7.18. The molecule has 5 nitrogen and oxygen atoms in total. The number of thiazole rings is 1. The molecule has 1 saturated carbocycles. The molecule has 2 aliphatic rings. The predicted molar refractivity (Wildman–Crippen MR) is 108 cm³/mol. The average molecular weight is 386 g/mol. The standard InChI is InChI=1S/C21H27N3O2S/c25-20(11-10-19-22-17-8-3-4-9-18(17)27-19)23-12-5-13-24(15-14-23)21(26)16-6-1-2-7-16/h3-4,8-9,16H,1-2,5-7,10-15H2. The number of para-hydroxylation sites is 1. The third kappa shape index (κ3) is 4.32. The summed E-state index contributed by atoms with van der Waals surface area (Å²) < 4.78 is 1.18. The fraction of sp³-hybridized carbons (Fsp3) is 0.571. The van der Waals surface area contributed by atoms with Crippen molar-refractivity contribution in [3.05, 3.63) is 29.3 Å². The number of carbonyl (C=O) groups excluding carboxylic acids is 2. The molecule has 1 aliphatic carbocycles. The van der Waals surface area contributed by atoms with Gasteiger partial charge in [0.05, 0.1) is 15.2 Å². The van der Waals surface area contributed by atoms with Crippen molar-refractivity contribution in [1.29, 1.82) is 0 Å². The van der Waals surface area contributed by atoms with Crippen molar-refractivity contribution in [2.24, 2.45) is 5.92 Å². The van der Waals surface area contributed by atoms with Gasteiger partial charge < -0.3 is 9.80 Å². The molecule has 1 saturated heterocycles. The lowest BCUT2D eigenvalue weighted by Crippen LogP contribution is -2.39. The van der Waals surface area contributed by atoms with Crippen LogP contribution in [0.15, 0.2) is 24.3 Å². The molecule has 4 rings (SSSR count). The molecule has 2 heterocycles. The van der Waals surface area contributed by atoms with Crippen molar-refractivity contribution in [3.8, 4) is 0 Å². The molecule has 0 bridgehead atoms. The van der Waals surface area contributed by atoms with Crippen LogP contribution in [-0.2, 0) is 16.0 Å². The Morgan fingerprint density at radius 2 is 1.74 bits per heavy atom. The van der Waals surface area contributed by atoms with E-state index in [1.807, 2.05) is 28.0 Å². The van der Waals surface area contributed by atoms with Crippen molar-refractivity contribution in [2.45, 2.75) is 44.9 Å². The maximum atomic E-state index is 12.7. The summed E-state index contributed by atoms with van der Waals surface area (Å²) in [5, 5.41) is 1.03. The molecule has 2 amide bonds. The third-order valence-electron chi connectivity index (χ3n) is 5.76.